The van der Waals surface area contributed by atoms with Gasteiger partial charge in [0.2, 0.25) is 0 Å². The largest absolute Gasteiger partial charge is 0.204 e. The van der Waals surface area contributed by atoms with E-state index in [4.69, 9.17) is 0 Å². The van der Waals surface area contributed by atoms with Crippen LogP contribution in [0.4, 0.5) is 70.2 Å². The fourth-order valence-corrected chi connectivity index (χ4v) is 3.08. The van der Waals surface area contributed by atoms with E-state index in [2.05, 4.69) is 0 Å². The van der Waals surface area contributed by atoms with E-state index >= 15 is 0 Å². The maximum atomic E-state index is 13.4. The molecule has 17 heteroatoms. The molecule has 0 spiro atoms. The second-order valence-corrected chi connectivity index (χ2v) is 7.39. The molecule has 0 amide bonds. The average molecular weight is 628 g/mol. The number of hydrogen-bond donors (Lipinski definition) is 0. The summed E-state index contributed by atoms with van der Waals surface area (Å²) in [5.74, 6) is -33.7. The molecule has 0 aliphatic carbocycles. The molecule has 0 atom stereocenters. The maximum absolute atomic E-state index is 13.4. The summed E-state index contributed by atoms with van der Waals surface area (Å²) in [6, 6.07) is 0.0117. The second-order valence-electron chi connectivity index (χ2n) is 7.39. The molecule has 0 saturated carbocycles. The van der Waals surface area contributed by atoms with Crippen molar-refractivity contribution in [1.29, 1.82) is 0 Å². The summed E-state index contributed by atoms with van der Waals surface area (Å²) in [5.41, 5.74) is -5.12. The van der Waals surface area contributed by atoms with E-state index in [9.17, 15) is 70.2 Å². The first-order valence-corrected chi connectivity index (χ1v) is 9.83. The van der Waals surface area contributed by atoms with Crippen molar-refractivity contribution in [3.63, 3.8) is 0 Å². The van der Waals surface area contributed by atoms with E-state index in [-0.39, 0.29) is 35.2 Å². The van der Waals surface area contributed by atoms with Gasteiger partial charge in [-0.2, -0.15) is 0 Å². The van der Waals surface area contributed by atoms with Gasteiger partial charge in [0.15, 0.2) is 93.1 Å². The van der Waals surface area contributed by atoms with Crippen LogP contribution in [0.3, 0.4) is 0 Å². The Kier molecular flexibility index (Phi) is 9.90. The Balaban J connectivity index is 0.000000280. The van der Waals surface area contributed by atoms with Crippen molar-refractivity contribution in [2.45, 2.75) is 0 Å². The van der Waals surface area contributed by atoms with Crippen molar-refractivity contribution in [1.82, 2.24) is 0 Å². The number of hydrogen-bond acceptors (Lipinski definition) is 0. The van der Waals surface area contributed by atoms with Crippen LogP contribution in [-0.4, -0.2) is 11.0 Å². The lowest BCUT2D eigenvalue weighted by Gasteiger charge is -2.09. The molecule has 0 nitrogen and oxygen atoms in total. The van der Waals surface area contributed by atoms with Crippen LogP contribution in [0.15, 0.2) is 24.3 Å². The van der Waals surface area contributed by atoms with E-state index in [0.717, 1.165) is 0 Å². The Morgan fingerprint density at radius 3 is 0.512 bits per heavy atom. The number of rotatable bonds is 2. The van der Waals surface area contributed by atoms with Crippen LogP contribution in [0, 0.1) is 93.1 Å². The lowest BCUT2D eigenvalue weighted by Crippen LogP contribution is -2.03. The predicted octanol–water partition coefficient (Wildman–Crippen LogP) is 7.48. The van der Waals surface area contributed by atoms with Crippen LogP contribution in [-0.2, 0) is 0 Å². The van der Waals surface area contributed by atoms with Crippen LogP contribution in [0.5, 0.6) is 0 Å². The molecular weight excluding hydrogens is 620 g/mol. The summed E-state index contributed by atoms with van der Waals surface area (Å²) in [6.45, 7) is 0. The molecule has 4 aromatic rings. The fourth-order valence-electron chi connectivity index (χ4n) is 3.08. The fraction of sp³-hybridized carbons (Fsp3) is 0. The SMILES string of the molecule is Fc1cc(-c2cc(F)c(F)c(F)c2F)c(F)c(F)c1F.Fc1cc(-c2cc(F)c(F)c(F)c2F)c(F)c(F)c1F.[SiH4]. The van der Waals surface area contributed by atoms with Crippen molar-refractivity contribution in [2.75, 3.05) is 0 Å². The Labute approximate surface area is 221 Å². The van der Waals surface area contributed by atoms with Crippen molar-refractivity contribution >= 4 is 11.0 Å². The Morgan fingerprint density at radius 2 is 0.366 bits per heavy atom. The first-order valence-electron chi connectivity index (χ1n) is 9.83. The molecule has 0 N–H and O–H groups in total. The lowest BCUT2D eigenvalue weighted by atomic mass is 10.0. The summed E-state index contributed by atoms with van der Waals surface area (Å²) in [7, 11) is 0. The van der Waals surface area contributed by atoms with E-state index in [0.29, 0.717) is 0 Å². The summed E-state index contributed by atoms with van der Waals surface area (Å²) in [5, 5.41) is 0. The van der Waals surface area contributed by atoms with Gasteiger partial charge in [-0.1, -0.05) is 0 Å². The molecule has 4 rings (SSSR count). The Hall–Kier alpha value is -4.02. The second kappa shape index (κ2) is 12.2. The van der Waals surface area contributed by atoms with Gasteiger partial charge in [-0.25, -0.2) is 70.2 Å². The van der Waals surface area contributed by atoms with Gasteiger partial charge < -0.3 is 0 Å². The molecule has 0 unspecified atom stereocenters. The molecule has 0 aliphatic heterocycles. The zero-order valence-electron chi connectivity index (χ0n) is 18.4. The van der Waals surface area contributed by atoms with Crippen molar-refractivity contribution in [2.24, 2.45) is 0 Å². The van der Waals surface area contributed by atoms with Crippen molar-refractivity contribution < 1.29 is 70.2 Å². The number of halogens is 16. The third-order valence-corrected chi connectivity index (χ3v) is 4.99. The quantitative estimate of drug-likeness (QED) is 0.0935. The minimum atomic E-state index is -2.29. The van der Waals surface area contributed by atoms with Crippen molar-refractivity contribution in [3.8, 4) is 22.3 Å². The van der Waals surface area contributed by atoms with Crippen LogP contribution >= 0.6 is 0 Å². The lowest BCUT2D eigenvalue weighted by molar-refractivity contribution is 0.404. The molecule has 0 aliphatic rings. The van der Waals surface area contributed by atoms with Crippen LogP contribution in [0.1, 0.15) is 0 Å². The highest BCUT2D eigenvalue weighted by atomic mass is 28.1. The summed E-state index contributed by atoms with van der Waals surface area (Å²) in [6.07, 6.45) is 0. The molecule has 0 fully saturated rings. The molecule has 0 aromatic heterocycles. The smallest absolute Gasteiger partial charge is 0.198 e. The molecule has 0 saturated heterocycles. The molecule has 41 heavy (non-hydrogen) atoms. The first kappa shape index (κ1) is 33.2. The highest BCUT2D eigenvalue weighted by Crippen LogP contribution is 2.34. The zero-order valence-corrected chi connectivity index (χ0v) is 18.4. The van der Waals surface area contributed by atoms with E-state index in [1.807, 2.05) is 0 Å². The summed E-state index contributed by atoms with van der Waals surface area (Å²) >= 11 is 0. The highest BCUT2D eigenvalue weighted by molar-refractivity contribution is 5.75. The molecule has 220 valence electrons. The highest BCUT2D eigenvalue weighted by Gasteiger charge is 2.27. The van der Waals surface area contributed by atoms with Gasteiger partial charge in [0, 0.05) is 22.3 Å². The average Bonchev–Trinajstić information content (AvgIpc) is 2.92. The number of benzene rings is 4. The minimum absolute atomic E-state index is 0. The van der Waals surface area contributed by atoms with E-state index in [1.54, 1.807) is 0 Å². The van der Waals surface area contributed by atoms with Gasteiger partial charge >= 0.3 is 0 Å². The van der Waals surface area contributed by atoms with Crippen LogP contribution in [0.2, 0.25) is 0 Å². The standard InChI is InChI=1S/2C12H2F8.H4Si/c2*13-5-1-3(7(15)11(19)9(5)17)4-2-6(14)10(18)12(20)8(4)16;/h2*1-2H;1H4. The van der Waals surface area contributed by atoms with Gasteiger partial charge in [-0.15, -0.1) is 0 Å². The maximum Gasteiger partial charge on any atom is 0.198 e. The predicted molar refractivity (Wildman–Crippen MR) is 114 cm³/mol. The topological polar surface area (TPSA) is 0 Å². The van der Waals surface area contributed by atoms with E-state index < -0.39 is 115 Å². The Morgan fingerprint density at radius 1 is 0.220 bits per heavy atom. The minimum Gasteiger partial charge on any atom is -0.204 e. The monoisotopic (exact) mass is 628 g/mol. The van der Waals surface area contributed by atoms with Gasteiger partial charge in [0.05, 0.1) is 0 Å². The van der Waals surface area contributed by atoms with Crippen molar-refractivity contribution in [3.05, 3.63) is 117 Å². The normalized spacial score (nSPS) is 10.7. The molecular formula is C24H8F16Si. The van der Waals surface area contributed by atoms with Crippen LogP contribution < -0.4 is 0 Å². The molecule has 0 radical (unpaired) electrons. The third kappa shape index (κ3) is 5.89. The third-order valence-electron chi connectivity index (χ3n) is 4.99. The van der Waals surface area contributed by atoms with Gasteiger partial charge in [0.25, 0.3) is 0 Å². The molecule has 0 heterocycles. The zero-order chi connectivity index (χ0) is 30.4. The molecule has 4 aromatic carbocycles. The van der Waals surface area contributed by atoms with Crippen LogP contribution in [0.25, 0.3) is 22.3 Å². The molecule has 0 bridgehead atoms. The first-order chi connectivity index (χ1) is 18.5. The Bertz CT molecular complexity index is 1420. The van der Waals surface area contributed by atoms with Gasteiger partial charge in [0.1, 0.15) is 0 Å². The van der Waals surface area contributed by atoms with Gasteiger partial charge in [-0.05, 0) is 35.2 Å². The van der Waals surface area contributed by atoms with E-state index in [1.165, 1.54) is 0 Å². The summed E-state index contributed by atoms with van der Waals surface area (Å²) < 4.78 is 208. The summed E-state index contributed by atoms with van der Waals surface area (Å²) in [4.78, 5) is 0. The van der Waals surface area contributed by atoms with Gasteiger partial charge in [-0.3, -0.25) is 0 Å².